The first-order valence-electron chi connectivity index (χ1n) is 6.25. The van der Waals surface area contributed by atoms with Gasteiger partial charge in [-0.3, -0.25) is 0 Å². The number of rotatable bonds is 2. The third kappa shape index (κ3) is 3.58. The molecule has 19 heavy (non-hydrogen) atoms. The minimum absolute atomic E-state index is 0.396. The largest absolute Gasteiger partial charge is 0.465 e. The maximum atomic E-state index is 11.4. The molecule has 0 bridgehead atoms. The zero-order chi connectivity index (χ0) is 14.3. The number of hydrogen-bond donors (Lipinski definition) is 1. The molecule has 3 heteroatoms. The molecule has 0 aliphatic carbocycles. The van der Waals surface area contributed by atoms with Gasteiger partial charge in [-0.05, 0) is 23.3 Å². The summed E-state index contributed by atoms with van der Waals surface area (Å²) in [6.45, 7) is 4.00. The summed E-state index contributed by atoms with van der Waals surface area (Å²) in [6.07, 6.45) is 0. The lowest BCUT2D eigenvalue weighted by atomic mass is 10.0. The van der Waals surface area contributed by atoms with Crippen LogP contribution in [-0.4, -0.2) is 13.1 Å². The zero-order valence-electron chi connectivity index (χ0n) is 11.5. The van der Waals surface area contributed by atoms with E-state index < -0.39 is 5.97 Å². The van der Waals surface area contributed by atoms with Gasteiger partial charge in [0.1, 0.15) is 0 Å². The van der Waals surface area contributed by atoms with Crippen LogP contribution in [-0.2, 0) is 4.74 Å². The quantitative estimate of drug-likeness (QED) is 0.658. The Morgan fingerprint density at radius 3 is 2.16 bits per heavy atom. The lowest BCUT2D eigenvalue weighted by molar-refractivity contribution is 0.0602. The van der Waals surface area contributed by atoms with Gasteiger partial charge in [-0.15, -0.1) is 0 Å². The number of carbonyl (C=O) groups is 1. The van der Waals surface area contributed by atoms with Gasteiger partial charge in [0.05, 0.1) is 12.7 Å². The molecule has 0 radical (unpaired) electrons. The highest BCUT2D eigenvalue weighted by Crippen LogP contribution is 2.24. The highest BCUT2D eigenvalue weighted by Gasteiger charge is 2.10. The van der Waals surface area contributed by atoms with E-state index in [1.54, 1.807) is 12.1 Å². The maximum Gasteiger partial charge on any atom is 0.339 e. The molecule has 2 aromatic rings. The molecule has 2 N–H and O–H groups in total. The van der Waals surface area contributed by atoms with Crippen LogP contribution in [0.3, 0.4) is 0 Å². The number of nitrogens with two attached hydrogens (primary N) is 1. The Hall–Kier alpha value is -2.29. The zero-order valence-corrected chi connectivity index (χ0v) is 11.5. The topological polar surface area (TPSA) is 52.3 Å². The molecule has 0 heterocycles. The van der Waals surface area contributed by atoms with Gasteiger partial charge < -0.3 is 10.5 Å². The third-order valence-electron chi connectivity index (χ3n) is 2.56. The van der Waals surface area contributed by atoms with Crippen molar-refractivity contribution in [1.29, 1.82) is 0 Å². The van der Waals surface area contributed by atoms with Crippen molar-refractivity contribution in [3.63, 3.8) is 0 Å². The normalized spacial score (nSPS) is 9.21. The Morgan fingerprint density at radius 2 is 1.63 bits per heavy atom. The summed E-state index contributed by atoms with van der Waals surface area (Å²) in [6, 6.07) is 15.2. The Kier molecular flexibility index (Phi) is 5.61. The summed E-state index contributed by atoms with van der Waals surface area (Å²) in [5.74, 6) is -0.415. The Bertz CT molecular complexity index is 536. The van der Waals surface area contributed by atoms with Gasteiger partial charge in [-0.1, -0.05) is 50.2 Å². The smallest absolute Gasteiger partial charge is 0.339 e. The molecule has 0 aliphatic heterocycles. The number of hydrogen-bond acceptors (Lipinski definition) is 3. The number of methoxy groups -OCH3 is 1. The van der Waals surface area contributed by atoms with Gasteiger partial charge in [0.15, 0.2) is 0 Å². The van der Waals surface area contributed by atoms with Crippen LogP contribution in [0.15, 0.2) is 48.5 Å². The van der Waals surface area contributed by atoms with Crippen molar-refractivity contribution in [2.24, 2.45) is 0 Å². The van der Waals surface area contributed by atoms with Gasteiger partial charge in [-0.2, -0.15) is 0 Å². The van der Waals surface area contributed by atoms with Crippen molar-refractivity contribution >= 4 is 11.7 Å². The number of nitrogen functional groups attached to an aromatic ring is 1. The molecule has 0 spiro atoms. The molecule has 0 atom stereocenters. The highest BCUT2D eigenvalue weighted by atomic mass is 16.5. The van der Waals surface area contributed by atoms with E-state index >= 15 is 0 Å². The van der Waals surface area contributed by atoms with Crippen LogP contribution in [0.1, 0.15) is 24.2 Å². The summed E-state index contributed by atoms with van der Waals surface area (Å²) < 4.78 is 4.64. The molecular weight excluding hydrogens is 238 g/mol. The highest BCUT2D eigenvalue weighted by molar-refractivity contribution is 5.96. The van der Waals surface area contributed by atoms with Crippen LogP contribution in [0.4, 0.5) is 5.69 Å². The Labute approximate surface area is 114 Å². The average molecular weight is 257 g/mol. The van der Waals surface area contributed by atoms with Crippen molar-refractivity contribution in [1.82, 2.24) is 0 Å². The van der Waals surface area contributed by atoms with Crippen molar-refractivity contribution < 1.29 is 9.53 Å². The van der Waals surface area contributed by atoms with Gasteiger partial charge >= 0.3 is 5.97 Å². The first-order chi connectivity index (χ1) is 9.22. The SMILES string of the molecule is CC.COC(=O)c1ccc(-c2ccccc2)cc1N. The van der Waals surface area contributed by atoms with Crippen LogP contribution < -0.4 is 5.73 Å². The molecule has 100 valence electrons. The minimum atomic E-state index is -0.415. The lowest BCUT2D eigenvalue weighted by Crippen LogP contribution is -2.05. The molecule has 0 unspecified atom stereocenters. The maximum absolute atomic E-state index is 11.4. The summed E-state index contributed by atoms with van der Waals surface area (Å²) in [5, 5.41) is 0. The van der Waals surface area contributed by atoms with Crippen LogP contribution in [0.5, 0.6) is 0 Å². The first-order valence-corrected chi connectivity index (χ1v) is 6.25. The standard InChI is InChI=1S/C14H13NO2.C2H6/c1-17-14(16)12-8-7-11(9-13(12)15)10-5-3-2-4-6-10;1-2/h2-9H,15H2,1H3;1-2H3. The van der Waals surface area contributed by atoms with Crippen LogP contribution >= 0.6 is 0 Å². The molecule has 2 aromatic carbocycles. The van der Waals surface area contributed by atoms with Crippen molar-refractivity contribution in [3.8, 4) is 11.1 Å². The van der Waals surface area contributed by atoms with Crippen LogP contribution in [0.25, 0.3) is 11.1 Å². The minimum Gasteiger partial charge on any atom is -0.465 e. The molecule has 0 fully saturated rings. The fraction of sp³-hybridized carbons (Fsp3) is 0.188. The number of esters is 1. The van der Waals surface area contributed by atoms with E-state index in [-0.39, 0.29) is 0 Å². The third-order valence-corrected chi connectivity index (χ3v) is 2.56. The Morgan fingerprint density at radius 1 is 1.00 bits per heavy atom. The lowest BCUT2D eigenvalue weighted by Gasteiger charge is -2.06. The van der Waals surface area contributed by atoms with Gasteiger partial charge in [-0.25, -0.2) is 4.79 Å². The first kappa shape index (κ1) is 14.8. The number of carbonyl (C=O) groups excluding carboxylic acids is 1. The fourth-order valence-corrected chi connectivity index (χ4v) is 1.67. The second-order valence-electron chi connectivity index (χ2n) is 3.66. The van der Waals surface area contributed by atoms with E-state index in [4.69, 9.17) is 5.73 Å². The molecule has 0 amide bonds. The molecule has 3 nitrogen and oxygen atoms in total. The van der Waals surface area contributed by atoms with E-state index in [9.17, 15) is 4.79 Å². The summed E-state index contributed by atoms with van der Waals surface area (Å²) in [7, 11) is 1.34. The predicted octanol–water partition coefficient (Wildman–Crippen LogP) is 3.75. The van der Waals surface area contributed by atoms with Gasteiger partial charge in [0.25, 0.3) is 0 Å². The molecule has 0 saturated carbocycles. The van der Waals surface area contributed by atoms with E-state index in [0.29, 0.717) is 11.3 Å². The number of anilines is 1. The van der Waals surface area contributed by atoms with E-state index in [2.05, 4.69) is 4.74 Å². The fourth-order valence-electron chi connectivity index (χ4n) is 1.67. The molecule has 0 aliphatic rings. The number of benzene rings is 2. The van der Waals surface area contributed by atoms with E-state index in [1.165, 1.54) is 7.11 Å². The predicted molar refractivity (Wildman–Crippen MR) is 79.0 cm³/mol. The van der Waals surface area contributed by atoms with Crippen molar-refractivity contribution in [2.75, 3.05) is 12.8 Å². The monoisotopic (exact) mass is 257 g/mol. The average Bonchev–Trinajstić information content (AvgIpc) is 2.49. The summed E-state index contributed by atoms with van der Waals surface area (Å²) in [5.41, 5.74) is 8.71. The second-order valence-corrected chi connectivity index (χ2v) is 3.66. The molecule has 0 saturated heterocycles. The van der Waals surface area contributed by atoms with Crippen molar-refractivity contribution in [3.05, 3.63) is 54.1 Å². The summed E-state index contributed by atoms with van der Waals surface area (Å²) in [4.78, 5) is 11.4. The van der Waals surface area contributed by atoms with Crippen LogP contribution in [0, 0.1) is 0 Å². The molecular formula is C16H19NO2. The van der Waals surface area contributed by atoms with Crippen LogP contribution in [0.2, 0.25) is 0 Å². The van der Waals surface area contributed by atoms with Gasteiger partial charge in [0, 0.05) is 5.69 Å². The van der Waals surface area contributed by atoms with Gasteiger partial charge in [0.2, 0.25) is 0 Å². The summed E-state index contributed by atoms with van der Waals surface area (Å²) >= 11 is 0. The van der Waals surface area contributed by atoms with E-state index in [1.807, 2.05) is 50.2 Å². The molecule has 0 aromatic heterocycles. The second kappa shape index (κ2) is 7.21. The number of ether oxygens (including phenoxy) is 1. The molecule has 2 rings (SSSR count). The van der Waals surface area contributed by atoms with Crippen molar-refractivity contribution in [2.45, 2.75) is 13.8 Å². The van der Waals surface area contributed by atoms with E-state index in [0.717, 1.165) is 11.1 Å². The Balaban J connectivity index is 0.000000861.